The number of aliphatic hydroxyl groups excluding tert-OH is 1. The van der Waals surface area contributed by atoms with Crippen molar-refractivity contribution in [2.45, 2.75) is 32.4 Å². The van der Waals surface area contributed by atoms with E-state index in [4.69, 9.17) is 0 Å². The van der Waals surface area contributed by atoms with Gasteiger partial charge in [-0.1, -0.05) is 12.1 Å². The van der Waals surface area contributed by atoms with Crippen LogP contribution < -0.4 is 0 Å². The number of halogens is 1. The van der Waals surface area contributed by atoms with Crippen LogP contribution in [0.3, 0.4) is 0 Å². The Kier molecular flexibility index (Phi) is 4.04. The van der Waals surface area contributed by atoms with Gasteiger partial charge in [0, 0.05) is 13.0 Å². The molecule has 0 aliphatic carbocycles. The Morgan fingerprint density at radius 1 is 1.28 bits per heavy atom. The van der Waals surface area contributed by atoms with Crippen LogP contribution in [0, 0.1) is 5.82 Å². The van der Waals surface area contributed by atoms with E-state index in [1.165, 1.54) is 18.5 Å². The largest absolute Gasteiger partial charge is 0.392 e. The first-order chi connectivity index (χ1) is 8.69. The summed E-state index contributed by atoms with van der Waals surface area (Å²) >= 11 is 0. The molecule has 0 saturated heterocycles. The second kappa shape index (κ2) is 5.73. The van der Waals surface area contributed by atoms with Gasteiger partial charge < -0.3 is 5.11 Å². The Labute approximate surface area is 105 Å². The highest BCUT2D eigenvalue weighted by atomic mass is 19.1. The minimum atomic E-state index is -0.537. The fourth-order valence-electron chi connectivity index (χ4n) is 1.89. The van der Waals surface area contributed by atoms with Crippen molar-refractivity contribution in [3.63, 3.8) is 0 Å². The van der Waals surface area contributed by atoms with Crippen molar-refractivity contribution in [3.05, 3.63) is 47.8 Å². The molecule has 0 spiro atoms. The molecule has 96 valence electrons. The first-order valence-corrected chi connectivity index (χ1v) is 5.98. The van der Waals surface area contributed by atoms with Crippen molar-refractivity contribution in [1.29, 1.82) is 0 Å². The fourth-order valence-corrected chi connectivity index (χ4v) is 1.89. The van der Waals surface area contributed by atoms with Crippen LogP contribution in [-0.2, 0) is 19.4 Å². The van der Waals surface area contributed by atoms with Crippen LogP contribution in [0.5, 0.6) is 0 Å². The predicted octanol–water partition coefficient (Wildman–Crippen LogP) is 1.58. The molecule has 1 aromatic carbocycles. The Morgan fingerprint density at radius 2 is 2.00 bits per heavy atom. The van der Waals surface area contributed by atoms with Gasteiger partial charge in [-0.15, -0.1) is 0 Å². The summed E-state index contributed by atoms with van der Waals surface area (Å²) in [5.41, 5.74) is 0.909. The number of aromatic nitrogens is 3. The molecule has 2 rings (SSSR count). The third-order valence-electron chi connectivity index (χ3n) is 2.80. The summed E-state index contributed by atoms with van der Waals surface area (Å²) in [4.78, 5) is 4.11. The van der Waals surface area contributed by atoms with Crippen LogP contribution in [0.2, 0.25) is 0 Å². The molecule has 1 atom stereocenters. The molecule has 4 nitrogen and oxygen atoms in total. The Bertz CT molecular complexity index is 495. The molecular weight excluding hydrogens is 233 g/mol. The molecule has 18 heavy (non-hydrogen) atoms. The van der Waals surface area contributed by atoms with Crippen LogP contribution in [0.4, 0.5) is 4.39 Å². The Morgan fingerprint density at radius 3 is 2.67 bits per heavy atom. The van der Waals surface area contributed by atoms with Gasteiger partial charge in [0.15, 0.2) is 0 Å². The van der Waals surface area contributed by atoms with E-state index in [1.54, 1.807) is 16.8 Å². The summed E-state index contributed by atoms with van der Waals surface area (Å²) < 4.78 is 14.5. The zero-order chi connectivity index (χ0) is 13.0. The Hall–Kier alpha value is -1.75. The van der Waals surface area contributed by atoms with Crippen LogP contribution >= 0.6 is 0 Å². The third-order valence-corrected chi connectivity index (χ3v) is 2.80. The lowest BCUT2D eigenvalue weighted by Gasteiger charge is -2.10. The zero-order valence-electron chi connectivity index (χ0n) is 10.3. The molecular formula is C13H16FN3O. The lowest BCUT2D eigenvalue weighted by molar-refractivity contribution is 0.171. The van der Waals surface area contributed by atoms with E-state index in [2.05, 4.69) is 10.1 Å². The average molecular weight is 249 g/mol. The molecule has 1 unspecified atom stereocenters. The van der Waals surface area contributed by atoms with E-state index in [1.807, 2.05) is 6.92 Å². The van der Waals surface area contributed by atoms with E-state index < -0.39 is 6.10 Å². The number of aryl methyl sites for hydroxylation is 1. The van der Waals surface area contributed by atoms with E-state index in [0.29, 0.717) is 12.8 Å². The molecule has 0 aliphatic rings. The molecule has 5 heteroatoms. The van der Waals surface area contributed by atoms with Crippen molar-refractivity contribution in [3.8, 4) is 0 Å². The summed E-state index contributed by atoms with van der Waals surface area (Å²) in [6.45, 7) is 2.71. The minimum absolute atomic E-state index is 0.265. The van der Waals surface area contributed by atoms with Gasteiger partial charge in [-0.25, -0.2) is 9.37 Å². The maximum absolute atomic E-state index is 12.7. The highest BCUT2D eigenvalue weighted by Gasteiger charge is 2.11. The third kappa shape index (κ3) is 3.13. The van der Waals surface area contributed by atoms with Crippen molar-refractivity contribution < 1.29 is 9.50 Å². The topological polar surface area (TPSA) is 50.9 Å². The van der Waals surface area contributed by atoms with Crippen LogP contribution in [-0.4, -0.2) is 26.0 Å². The van der Waals surface area contributed by atoms with Crippen molar-refractivity contribution in [1.82, 2.24) is 14.8 Å². The molecule has 2 aromatic rings. The van der Waals surface area contributed by atoms with Gasteiger partial charge >= 0.3 is 0 Å². The van der Waals surface area contributed by atoms with Crippen LogP contribution in [0.25, 0.3) is 0 Å². The molecule has 1 N–H and O–H groups in total. The minimum Gasteiger partial charge on any atom is -0.392 e. The molecule has 0 bridgehead atoms. The maximum Gasteiger partial charge on any atom is 0.138 e. The van der Waals surface area contributed by atoms with Gasteiger partial charge in [0.1, 0.15) is 18.0 Å². The standard InChI is InChI=1S/C13H16FN3O/c1-2-17-13(15-9-16-17)8-12(18)7-10-3-5-11(14)6-4-10/h3-6,9,12,18H,2,7-8H2,1H3. The van der Waals surface area contributed by atoms with Crippen molar-refractivity contribution in [2.75, 3.05) is 0 Å². The smallest absolute Gasteiger partial charge is 0.138 e. The average Bonchev–Trinajstić information content (AvgIpc) is 2.79. The lowest BCUT2D eigenvalue weighted by Crippen LogP contribution is -2.17. The van der Waals surface area contributed by atoms with E-state index in [-0.39, 0.29) is 5.82 Å². The van der Waals surface area contributed by atoms with Gasteiger partial charge in [-0.05, 0) is 31.0 Å². The normalized spacial score (nSPS) is 12.6. The monoisotopic (exact) mass is 249 g/mol. The number of benzene rings is 1. The van der Waals surface area contributed by atoms with Gasteiger partial charge in [0.25, 0.3) is 0 Å². The highest BCUT2D eigenvalue weighted by molar-refractivity contribution is 5.17. The number of rotatable bonds is 5. The number of hydrogen-bond acceptors (Lipinski definition) is 3. The van der Waals surface area contributed by atoms with E-state index in [9.17, 15) is 9.50 Å². The van der Waals surface area contributed by atoms with E-state index in [0.717, 1.165) is 17.9 Å². The first kappa shape index (κ1) is 12.7. The van der Waals surface area contributed by atoms with Crippen molar-refractivity contribution >= 4 is 0 Å². The first-order valence-electron chi connectivity index (χ1n) is 5.98. The molecule has 0 saturated carbocycles. The molecule has 0 fully saturated rings. The van der Waals surface area contributed by atoms with Gasteiger partial charge in [0.2, 0.25) is 0 Å². The Balaban J connectivity index is 1.96. The summed E-state index contributed by atoms with van der Waals surface area (Å²) in [5, 5.41) is 14.0. The molecule has 1 aromatic heterocycles. The molecule has 0 radical (unpaired) electrons. The SMILES string of the molecule is CCn1ncnc1CC(O)Cc1ccc(F)cc1. The summed E-state index contributed by atoms with van der Waals surface area (Å²) in [7, 11) is 0. The zero-order valence-corrected chi connectivity index (χ0v) is 10.3. The van der Waals surface area contributed by atoms with Crippen LogP contribution in [0.1, 0.15) is 18.3 Å². The molecule has 1 heterocycles. The second-order valence-corrected chi connectivity index (χ2v) is 4.18. The van der Waals surface area contributed by atoms with Crippen LogP contribution in [0.15, 0.2) is 30.6 Å². The van der Waals surface area contributed by atoms with Gasteiger partial charge in [-0.2, -0.15) is 5.10 Å². The van der Waals surface area contributed by atoms with Crippen molar-refractivity contribution in [2.24, 2.45) is 0 Å². The predicted molar refractivity (Wildman–Crippen MR) is 65.5 cm³/mol. The number of hydrogen-bond donors (Lipinski definition) is 1. The number of aliphatic hydroxyl groups is 1. The molecule has 0 aliphatic heterocycles. The second-order valence-electron chi connectivity index (χ2n) is 4.18. The van der Waals surface area contributed by atoms with Gasteiger partial charge in [-0.3, -0.25) is 4.68 Å². The fraction of sp³-hybridized carbons (Fsp3) is 0.385. The van der Waals surface area contributed by atoms with E-state index >= 15 is 0 Å². The molecule has 0 amide bonds. The number of nitrogens with zero attached hydrogens (tertiary/aromatic N) is 3. The lowest BCUT2D eigenvalue weighted by atomic mass is 10.1. The summed E-state index contributed by atoms with van der Waals surface area (Å²) in [5.74, 6) is 0.506. The highest BCUT2D eigenvalue weighted by Crippen LogP contribution is 2.09. The summed E-state index contributed by atoms with van der Waals surface area (Å²) in [6.07, 6.45) is 1.89. The van der Waals surface area contributed by atoms with Gasteiger partial charge in [0.05, 0.1) is 6.10 Å². The maximum atomic E-state index is 12.7. The quantitative estimate of drug-likeness (QED) is 0.875. The summed E-state index contributed by atoms with van der Waals surface area (Å²) in [6, 6.07) is 6.17.